The average molecular weight is 242 g/mol. The van der Waals surface area contributed by atoms with Crippen molar-refractivity contribution in [2.24, 2.45) is 0 Å². The molecule has 0 rings (SSSR count). The molecule has 0 spiro atoms. The van der Waals surface area contributed by atoms with E-state index in [0.29, 0.717) is 0 Å². The van der Waals surface area contributed by atoms with Gasteiger partial charge in [-0.3, -0.25) is 0 Å². The van der Waals surface area contributed by atoms with E-state index in [-0.39, 0.29) is 79.4 Å². The molecular formula is H8BaCaSi2. The second-order valence-electron chi connectivity index (χ2n) is 0.707. The van der Waals surface area contributed by atoms with Gasteiger partial charge in [0.05, 0.1) is 0 Å². The van der Waals surface area contributed by atoms with Crippen molar-refractivity contribution in [3.05, 3.63) is 0 Å². The molecule has 0 unspecified atom stereocenters. The van der Waals surface area contributed by atoms with Crippen LogP contribution in [-0.2, 0) is 0 Å². The molecular weight excluding hydrogens is 234 g/mol. The fraction of sp³-hybridized carbons (Fsp3) is 0. The van der Waals surface area contributed by atoms with Gasteiger partial charge < -0.3 is 0 Å². The van der Waals surface area contributed by atoms with Crippen LogP contribution in [0.15, 0.2) is 0 Å². The minimum absolute atomic E-state index is 0. The Morgan fingerprint density at radius 3 is 1.25 bits per heavy atom. The molecule has 4 heavy (non-hydrogen) atoms. The van der Waals surface area contributed by atoms with Gasteiger partial charge in [-0.15, -0.1) is 0 Å². The first-order valence-electron chi connectivity index (χ1n) is 1.41. The fourth-order valence-electron chi connectivity index (χ4n) is 0. The number of rotatable bonds is 0. The van der Waals surface area contributed by atoms with E-state index in [1.54, 1.807) is 6.76 Å². The maximum absolute atomic E-state index is 1.65. The van der Waals surface area contributed by atoms with Crippen LogP contribution < -0.4 is 0 Å². The molecule has 0 heterocycles. The van der Waals surface area contributed by atoms with E-state index in [2.05, 4.69) is 0 Å². The van der Waals surface area contributed by atoms with Gasteiger partial charge in [0.15, 0.2) is 0 Å². The summed E-state index contributed by atoms with van der Waals surface area (Å²) in [5.74, 6) is 0. The zero-order valence-corrected chi connectivity index (χ0v) is 11.1. The molecule has 0 N–H and O–H groups in total. The molecule has 4 heteroatoms. The summed E-state index contributed by atoms with van der Waals surface area (Å²) in [7, 11) is 0. The van der Waals surface area contributed by atoms with Crippen molar-refractivity contribution in [2.75, 3.05) is 0 Å². The predicted molar refractivity (Wildman–Crippen MR) is 34.2 cm³/mol. The van der Waals surface area contributed by atoms with Crippen LogP contribution in [0.1, 0.15) is 0 Å². The minimum atomic E-state index is 0. The van der Waals surface area contributed by atoms with Gasteiger partial charge in [-0.05, 0) is 0 Å². The van der Waals surface area contributed by atoms with Crippen LogP contribution in [0.2, 0.25) is 0 Å². The Morgan fingerprint density at radius 2 is 1.25 bits per heavy atom. The van der Waals surface area contributed by atoms with Gasteiger partial charge in [-0.1, -0.05) is 0 Å². The summed E-state index contributed by atoms with van der Waals surface area (Å²) in [6.45, 7) is 0. The molecule has 0 saturated heterocycles. The first-order chi connectivity index (χ1) is 1.41. The summed E-state index contributed by atoms with van der Waals surface area (Å²) in [6.07, 6.45) is 0. The van der Waals surface area contributed by atoms with Gasteiger partial charge in [-0.25, -0.2) is 0 Å². The Labute approximate surface area is 83.3 Å². The molecule has 0 nitrogen and oxygen atoms in total. The summed E-state index contributed by atoms with van der Waals surface area (Å²) in [5.41, 5.74) is 0. The Morgan fingerprint density at radius 1 is 1.25 bits per heavy atom. The van der Waals surface area contributed by atoms with Crippen molar-refractivity contribution in [3.63, 3.8) is 0 Å². The van der Waals surface area contributed by atoms with E-state index >= 15 is 0 Å². The summed E-state index contributed by atoms with van der Waals surface area (Å²) < 4.78 is 3.31. The molecule has 0 bridgehead atoms. The van der Waals surface area contributed by atoms with Gasteiger partial charge in [0, 0.05) is 0 Å². The van der Waals surface area contributed by atoms with Crippen molar-refractivity contribution in [1.29, 1.82) is 0 Å². The molecule has 0 fully saturated rings. The van der Waals surface area contributed by atoms with E-state index in [9.17, 15) is 0 Å². The van der Waals surface area contributed by atoms with Crippen LogP contribution in [0, 0.1) is 0 Å². The Hall–Kier alpha value is 3.26. The van der Waals surface area contributed by atoms with Crippen LogP contribution in [0.4, 0.5) is 0 Å². The average Bonchev–Trinajstić information content (AvgIpc) is 0.918. The van der Waals surface area contributed by atoms with Crippen molar-refractivity contribution >= 4 is 86.2 Å². The van der Waals surface area contributed by atoms with E-state index in [4.69, 9.17) is 0 Å². The van der Waals surface area contributed by atoms with Crippen molar-refractivity contribution in [2.45, 2.75) is 0 Å². The summed E-state index contributed by atoms with van der Waals surface area (Å²) in [4.78, 5) is 0. The first-order valence-corrected chi connectivity index (χ1v) is 30.9. The third-order valence-corrected chi connectivity index (χ3v) is 0. The Balaban J connectivity index is 0. The van der Waals surface area contributed by atoms with Gasteiger partial charge in [0.2, 0.25) is 0 Å². The molecule has 0 aromatic rings. The molecule has 0 aromatic carbocycles. The summed E-state index contributed by atoms with van der Waals surface area (Å²) in [6, 6.07) is 0. The zero-order chi connectivity index (χ0) is 2.71. The molecule has 0 aliphatic rings. The second kappa shape index (κ2) is 9.55. The van der Waals surface area contributed by atoms with Gasteiger partial charge in [0.25, 0.3) is 0 Å². The van der Waals surface area contributed by atoms with Gasteiger partial charge >= 0.3 is 86.2 Å². The monoisotopic (exact) mass is 242 g/mol. The topological polar surface area (TPSA) is 0 Å². The normalized spacial score (nSPS) is 4.00. The van der Waals surface area contributed by atoms with E-state index in [0.717, 1.165) is 0 Å². The Bertz CT molecular complexity index is 6.00. The third kappa shape index (κ3) is 8.98. The van der Waals surface area contributed by atoms with E-state index in [1.165, 1.54) is 0 Å². The molecule has 0 amide bonds. The standard InChI is InChI=1S/Ba.Ca.2H3Si.2H/h;;2*1H3;;. The fourth-order valence-corrected chi connectivity index (χ4v) is 0. The SMILES string of the molecule is [CaH2].[SiH3][Ba][SiH3]. The quantitative estimate of drug-likeness (QED) is 0.384. The number of hydrogen-bond donors (Lipinski definition) is 0. The molecule has 0 radical (unpaired) electrons. The van der Waals surface area contributed by atoms with Crippen molar-refractivity contribution < 1.29 is 0 Å². The Kier molecular flexibility index (Phi) is 24.6. The predicted octanol–water partition coefficient (Wildman–Crippen LogP) is -3.66. The van der Waals surface area contributed by atoms with Crippen molar-refractivity contribution in [1.82, 2.24) is 0 Å². The summed E-state index contributed by atoms with van der Waals surface area (Å²) in [5, 5.41) is 0. The van der Waals surface area contributed by atoms with Crippen LogP contribution in [0.25, 0.3) is 0 Å². The molecule has 0 saturated carbocycles. The molecule has 0 aromatic heterocycles. The van der Waals surface area contributed by atoms with Crippen LogP contribution in [0.3, 0.4) is 0 Å². The zero-order valence-electron chi connectivity index (χ0n) is 2.71. The molecule has 0 atom stereocenters. The van der Waals surface area contributed by atoms with Gasteiger partial charge in [0.1, 0.15) is 0 Å². The van der Waals surface area contributed by atoms with Crippen LogP contribution in [-0.4, -0.2) is 86.2 Å². The maximum atomic E-state index is 1.65. The molecule has 20 valence electrons. The van der Waals surface area contributed by atoms with E-state index in [1.807, 2.05) is 0 Å². The first kappa shape index (κ1) is 10.3. The van der Waals surface area contributed by atoms with Gasteiger partial charge in [-0.2, -0.15) is 0 Å². The van der Waals surface area contributed by atoms with E-state index < -0.39 is 0 Å². The van der Waals surface area contributed by atoms with Crippen LogP contribution >= 0.6 is 0 Å². The third-order valence-electron chi connectivity index (χ3n) is 0. The molecule has 0 aliphatic carbocycles. The van der Waals surface area contributed by atoms with Crippen LogP contribution in [0.5, 0.6) is 0 Å². The number of hydrogen-bond acceptors (Lipinski definition) is 0. The van der Waals surface area contributed by atoms with Crippen molar-refractivity contribution in [3.8, 4) is 0 Å². The second-order valence-corrected chi connectivity index (χ2v) is 46.3. The summed E-state index contributed by atoms with van der Waals surface area (Å²) >= 11 is 0.194. The molecule has 0 aliphatic heterocycles.